The summed E-state index contributed by atoms with van der Waals surface area (Å²) in [5, 5.41) is 0. The first-order chi connectivity index (χ1) is 9.82. The van der Waals surface area contributed by atoms with Crippen LogP contribution in [0.3, 0.4) is 0 Å². The normalized spacial score (nSPS) is 38.0. The topological polar surface area (TPSA) is 17.1 Å². The molecule has 0 bridgehead atoms. The fourth-order valence-electron chi connectivity index (χ4n) is 3.59. The van der Waals surface area contributed by atoms with Gasteiger partial charge in [-0.05, 0) is 69.3 Å². The molecule has 2 atom stereocenters. The lowest BCUT2D eigenvalue weighted by atomic mass is 10.0. The molecule has 0 aliphatic heterocycles. The van der Waals surface area contributed by atoms with Gasteiger partial charge >= 0.3 is 0 Å². The molecule has 0 spiro atoms. The van der Waals surface area contributed by atoms with Crippen LogP contribution in [0, 0.1) is 17.3 Å². The van der Waals surface area contributed by atoms with Crippen LogP contribution in [0.1, 0.15) is 66.7 Å². The average Bonchev–Trinajstić information content (AvgIpc) is 2.93. The van der Waals surface area contributed by atoms with Crippen LogP contribution in [0.25, 0.3) is 0 Å². The van der Waals surface area contributed by atoms with E-state index in [1.165, 1.54) is 24.0 Å². The number of carbonyl (C=O) groups is 1. The molecule has 0 aromatic heterocycles. The van der Waals surface area contributed by atoms with Crippen LogP contribution in [-0.4, -0.2) is 5.78 Å². The largest absolute Gasteiger partial charge is 0.294 e. The SMILES string of the molecule is C/C1=C\CC(=O)/C(C)=C/[C@@H]2[C@@H](CC/C(C)=C/CC1)C2(C)C. The molecular formula is C20H30O. The fourth-order valence-corrected chi connectivity index (χ4v) is 3.59. The highest BCUT2D eigenvalue weighted by atomic mass is 16.1. The third-order valence-corrected chi connectivity index (χ3v) is 5.53. The molecule has 1 nitrogen and oxygen atoms in total. The molecule has 116 valence electrons. The standard InChI is InChI=1S/C20H30O/c1-14-7-6-8-15(2)10-12-19(21)16(3)13-18-17(11-9-14)20(18,4)5/h7,10,13,17-18H,6,8-9,11-12H2,1-5H3/b14-7+,15-10+,16-13+/t17-,18-/m1/s1. The van der Waals surface area contributed by atoms with Crippen LogP contribution >= 0.6 is 0 Å². The van der Waals surface area contributed by atoms with Gasteiger partial charge in [0.05, 0.1) is 0 Å². The number of hydrogen-bond acceptors (Lipinski definition) is 1. The summed E-state index contributed by atoms with van der Waals surface area (Å²) in [6.07, 6.45) is 12.0. The summed E-state index contributed by atoms with van der Waals surface area (Å²) in [5.74, 6) is 1.62. The maximum absolute atomic E-state index is 12.2. The second-order valence-corrected chi connectivity index (χ2v) is 7.61. The Bertz CT molecular complexity index is 502. The molecule has 2 aliphatic rings. The fraction of sp³-hybridized carbons (Fsp3) is 0.650. The van der Waals surface area contributed by atoms with E-state index in [1.54, 1.807) is 0 Å². The van der Waals surface area contributed by atoms with Crippen LogP contribution in [0.2, 0.25) is 0 Å². The summed E-state index contributed by atoms with van der Waals surface area (Å²) in [5.41, 5.74) is 4.19. The van der Waals surface area contributed by atoms with E-state index in [9.17, 15) is 4.79 Å². The predicted octanol–water partition coefficient (Wildman–Crippen LogP) is 5.63. The highest BCUT2D eigenvalue weighted by Crippen LogP contribution is 2.61. The summed E-state index contributed by atoms with van der Waals surface area (Å²) >= 11 is 0. The zero-order valence-electron chi connectivity index (χ0n) is 14.3. The molecule has 0 aromatic rings. The second-order valence-electron chi connectivity index (χ2n) is 7.61. The van der Waals surface area contributed by atoms with Gasteiger partial charge in [-0.1, -0.05) is 43.2 Å². The van der Waals surface area contributed by atoms with Crippen molar-refractivity contribution < 1.29 is 4.79 Å². The van der Waals surface area contributed by atoms with E-state index >= 15 is 0 Å². The van der Waals surface area contributed by atoms with Crippen LogP contribution in [0.15, 0.2) is 34.9 Å². The molecule has 0 heterocycles. The van der Waals surface area contributed by atoms with Crippen molar-refractivity contribution in [1.82, 2.24) is 0 Å². The number of ketones is 1. The third kappa shape index (κ3) is 3.96. The number of fused-ring (bicyclic) bond motifs is 1. The molecule has 0 unspecified atom stereocenters. The Morgan fingerprint density at radius 2 is 1.71 bits per heavy atom. The van der Waals surface area contributed by atoms with Gasteiger partial charge in [0.25, 0.3) is 0 Å². The van der Waals surface area contributed by atoms with Gasteiger partial charge in [0.15, 0.2) is 5.78 Å². The first kappa shape index (κ1) is 16.3. The molecule has 0 N–H and O–H groups in total. The number of hydrogen-bond donors (Lipinski definition) is 0. The van der Waals surface area contributed by atoms with Crippen LogP contribution in [-0.2, 0) is 4.79 Å². The van der Waals surface area contributed by atoms with Gasteiger partial charge < -0.3 is 0 Å². The molecule has 2 aliphatic carbocycles. The highest BCUT2D eigenvalue weighted by Gasteiger charge is 2.55. The van der Waals surface area contributed by atoms with E-state index in [0.29, 0.717) is 23.5 Å². The van der Waals surface area contributed by atoms with Gasteiger partial charge in [-0.2, -0.15) is 0 Å². The van der Waals surface area contributed by atoms with Crippen molar-refractivity contribution in [3.05, 3.63) is 34.9 Å². The van der Waals surface area contributed by atoms with E-state index in [1.807, 2.05) is 6.92 Å². The quantitative estimate of drug-likeness (QED) is 0.527. The highest BCUT2D eigenvalue weighted by molar-refractivity contribution is 5.95. The molecule has 0 radical (unpaired) electrons. The maximum atomic E-state index is 12.2. The lowest BCUT2D eigenvalue weighted by Gasteiger charge is -2.05. The van der Waals surface area contributed by atoms with E-state index in [0.717, 1.165) is 24.3 Å². The van der Waals surface area contributed by atoms with E-state index < -0.39 is 0 Å². The molecule has 21 heavy (non-hydrogen) atoms. The molecule has 1 heteroatoms. The summed E-state index contributed by atoms with van der Waals surface area (Å²) in [4.78, 5) is 12.2. The smallest absolute Gasteiger partial charge is 0.162 e. The zero-order valence-corrected chi connectivity index (χ0v) is 14.3. The molecule has 0 amide bonds. The van der Waals surface area contributed by atoms with E-state index in [2.05, 4.69) is 45.9 Å². The van der Waals surface area contributed by atoms with Crippen LogP contribution in [0.4, 0.5) is 0 Å². The van der Waals surface area contributed by atoms with Crippen molar-refractivity contribution in [3.8, 4) is 0 Å². The van der Waals surface area contributed by atoms with Crippen molar-refractivity contribution in [1.29, 1.82) is 0 Å². The van der Waals surface area contributed by atoms with Gasteiger partial charge in [-0.25, -0.2) is 0 Å². The van der Waals surface area contributed by atoms with Gasteiger partial charge in [0.1, 0.15) is 0 Å². The Kier molecular flexibility index (Phi) is 4.91. The summed E-state index contributed by atoms with van der Waals surface area (Å²) < 4.78 is 0. The minimum Gasteiger partial charge on any atom is -0.294 e. The Morgan fingerprint density at radius 1 is 1.05 bits per heavy atom. The number of carbonyl (C=O) groups excluding carboxylic acids is 1. The molecule has 2 rings (SSSR count). The Hall–Kier alpha value is -1.11. The Balaban J connectivity index is 2.18. The number of Topliss-reactive ketones (excluding diaryl/α,β-unsaturated/α-hetero) is 1. The number of allylic oxidation sites excluding steroid dienone is 6. The second kappa shape index (κ2) is 6.34. The van der Waals surface area contributed by atoms with Crippen molar-refractivity contribution in [2.75, 3.05) is 0 Å². The van der Waals surface area contributed by atoms with Gasteiger partial charge in [0, 0.05) is 6.42 Å². The van der Waals surface area contributed by atoms with Crippen molar-refractivity contribution in [2.24, 2.45) is 17.3 Å². The Labute approximate surface area is 130 Å². The number of rotatable bonds is 0. The first-order valence-electron chi connectivity index (χ1n) is 8.35. The monoisotopic (exact) mass is 286 g/mol. The van der Waals surface area contributed by atoms with E-state index in [-0.39, 0.29) is 0 Å². The Morgan fingerprint density at radius 3 is 2.43 bits per heavy atom. The molecule has 1 fully saturated rings. The van der Waals surface area contributed by atoms with Crippen molar-refractivity contribution >= 4 is 5.78 Å². The minimum atomic E-state index is 0.291. The van der Waals surface area contributed by atoms with Gasteiger partial charge in [0.2, 0.25) is 0 Å². The van der Waals surface area contributed by atoms with Gasteiger partial charge in [-0.15, -0.1) is 0 Å². The van der Waals surface area contributed by atoms with Crippen molar-refractivity contribution in [3.63, 3.8) is 0 Å². The van der Waals surface area contributed by atoms with Crippen molar-refractivity contribution in [2.45, 2.75) is 66.7 Å². The zero-order chi connectivity index (χ0) is 15.6. The predicted molar refractivity (Wildman–Crippen MR) is 90.1 cm³/mol. The molecule has 0 saturated heterocycles. The average molecular weight is 286 g/mol. The molecule has 1 saturated carbocycles. The van der Waals surface area contributed by atoms with Gasteiger partial charge in [-0.3, -0.25) is 4.79 Å². The minimum absolute atomic E-state index is 0.291. The first-order valence-corrected chi connectivity index (χ1v) is 8.35. The maximum Gasteiger partial charge on any atom is 0.162 e. The van der Waals surface area contributed by atoms with Crippen LogP contribution < -0.4 is 0 Å². The van der Waals surface area contributed by atoms with Crippen LogP contribution in [0.5, 0.6) is 0 Å². The lowest BCUT2D eigenvalue weighted by Crippen LogP contribution is -1.99. The summed E-state index contributed by atoms with van der Waals surface area (Å²) in [6, 6.07) is 0. The summed E-state index contributed by atoms with van der Waals surface area (Å²) in [7, 11) is 0. The summed E-state index contributed by atoms with van der Waals surface area (Å²) in [6.45, 7) is 11.1. The van der Waals surface area contributed by atoms with E-state index in [4.69, 9.17) is 0 Å². The lowest BCUT2D eigenvalue weighted by molar-refractivity contribution is -0.114. The molecule has 0 aromatic carbocycles. The third-order valence-electron chi connectivity index (χ3n) is 5.53. The molecular weight excluding hydrogens is 256 g/mol.